The number of nitrogens with zero attached hydrogens (tertiary/aromatic N) is 2. The molecule has 5 heteroatoms. The van der Waals surface area contributed by atoms with Gasteiger partial charge in [-0.2, -0.15) is 0 Å². The van der Waals surface area contributed by atoms with E-state index in [1.165, 1.54) is 15.6 Å². The molecule has 2 atom stereocenters. The molecule has 1 aliphatic heterocycles. The number of piperidine rings is 1. The van der Waals surface area contributed by atoms with Crippen LogP contribution >= 0.6 is 11.3 Å². The van der Waals surface area contributed by atoms with Crippen LogP contribution in [0.5, 0.6) is 0 Å². The van der Waals surface area contributed by atoms with Crippen LogP contribution in [0.2, 0.25) is 0 Å². The highest BCUT2D eigenvalue weighted by molar-refractivity contribution is 7.11. The SMILES string of the molecule is CCc1nc(C2(NCCOC)CCN(C)C(C)C2)sc1C. The van der Waals surface area contributed by atoms with Gasteiger partial charge < -0.3 is 15.0 Å². The topological polar surface area (TPSA) is 37.4 Å². The zero-order valence-electron chi connectivity index (χ0n) is 14.0. The number of ether oxygens (including phenoxy) is 1. The minimum atomic E-state index is 0.0211. The number of rotatable bonds is 6. The fraction of sp³-hybridized carbons (Fsp3) is 0.812. The van der Waals surface area contributed by atoms with Crippen molar-refractivity contribution in [3.63, 3.8) is 0 Å². The molecule has 0 bridgehead atoms. The van der Waals surface area contributed by atoms with Crippen LogP contribution in [0.3, 0.4) is 0 Å². The van der Waals surface area contributed by atoms with Crippen LogP contribution in [0.1, 0.15) is 42.3 Å². The maximum Gasteiger partial charge on any atom is 0.113 e. The molecule has 1 fully saturated rings. The Morgan fingerprint density at radius 2 is 2.29 bits per heavy atom. The quantitative estimate of drug-likeness (QED) is 0.819. The van der Waals surface area contributed by atoms with Gasteiger partial charge in [-0.3, -0.25) is 0 Å². The van der Waals surface area contributed by atoms with E-state index in [0.717, 1.165) is 39.0 Å². The van der Waals surface area contributed by atoms with Crippen LogP contribution in [0.4, 0.5) is 0 Å². The number of hydrogen-bond acceptors (Lipinski definition) is 5. The molecule has 1 N–H and O–H groups in total. The van der Waals surface area contributed by atoms with Gasteiger partial charge in [0, 0.05) is 31.1 Å². The van der Waals surface area contributed by atoms with Gasteiger partial charge in [0.05, 0.1) is 17.8 Å². The number of nitrogens with one attached hydrogen (secondary N) is 1. The van der Waals surface area contributed by atoms with E-state index in [9.17, 15) is 0 Å². The molecule has 1 saturated heterocycles. The monoisotopic (exact) mass is 311 g/mol. The van der Waals surface area contributed by atoms with Crippen molar-refractivity contribution in [3.8, 4) is 0 Å². The summed E-state index contributed by atoms with van der Waals surface area (Å²) in [4.78, 5) is 8.77. The summed E-state index contributed by atoms with van der Waals surface area (Å²) in [6, 6.07) is 0.572. The van der Waals surface area contributed by atoms with Crippen molar-refractivity contribution in [1.29, 1.82) is 0 Å². The number of aromatic nitrogens is 1. The van der Waals surface area contributed by atoms with Gasteiger partial charge in [0.15, 0.2) is 0 Å². The third-order valence-corrected chi connectivity index (χ3v) is 5.91. The number of aryl methyl sites for hydroxylation is 2. The van der Waals surface area contributed by atoms with Crippen molar-refractivity contribution in [2.75, 3.05) is 33.9 Å². The molecular formula is C16H29N3OS. The summed E-state index contributed by atoms with van der Waals surface area (Å²) in [6.45, 7) is 9.44. The summed E-state index contributed by atoms with van der Waals surface area (Å²) in [5.74, 6) is 0. The van der Waals surface area contributed by atoms with Gasteiger partial charge in [0.1, 0.15) is 5.01 Å². The molecule has 120 valence electrons. The van der Waals surface area contributed by atoms with E-state index in [0.29, 0.717) is 6.04 Å². The second-order valence-corrected chi connectivity index (χ2v) is 7.36. The summed E-state index contributed by atoms with van der Waals surface area (Å²) in [6.07, 6.45) is 3.25. The maximum atomic E-state index is 5.22. The number of thiazole rings is 1. The Hall–Kier alpha value is -0.490. The van der Waals surface area contributed by atoms with Gasteiger partial charge in [-0.25, -0.2) is 4.98 Å². The maximum absolute atomic E-state index is 5.22. The Balaban J connectivity index is 2.26. The Kier molecular flexibility index (Phi) is 5.77. The van der Waals surface area contributed by atoms with E-state index in [-0.39, 0.29) is 5.54 Å². The highest BCUT2D eigenvalue weighted by Crippen LogP contribution is 2.38. The van der Waals surface area contributed by atoms with Crippen molar-refractivity contribution in [3.05, 3.63) is 15.6 Å². The van der Waals surface area contributed by atoms with Gasteiger partial charge >= 0.3 is 0 Å². The van der Waals surface area contributed by atoms with Crippen molar-refractivity contribution in [1.82, 2.24) is 15.2 Å². The third kappa shape index (κ3) is 3.65. The van der Waals surface area contributed by atoms with E-state index in [2.05, 4.69) is 38.0 Å². The lowest BCUT2D eigenvalue weighted by Gasteiger charge is -2.44. The van der Waals surface area contributed by atoms with E-state index in [1.807, 2.05) is 11.3 Å². The summed E-state index contributed by atoms with van der Waals surface area (Å²) in [7, 11) is 3.97. The molecule has 2 heterocycles. The molecule has 0 radical (unpaired) electrons. The normalized spacial score (nSPS) is 27.2. The van der Waals surface area contributed by atoms with Crippen LogP contribution in [-0.4, -0.2) is 49.8 Å². The molecule has 4 nitrogen and oxygen atoms in total. The van der Waals surface area contributed by atoms with Gasteiger partial charge in [-0.05, 0) is 40.2 Å². The predicted molar refractivity (Wildman–Crippen MR) is 89.1 cm³/mol. The van der Waals surface area contributed by atoms with Gasteiger partial charge in [0.25, 0.3) is 0 Å². The summed E-state index contributed by atoms with van der Waals surface area (Å²) in [5, 5.41) is 5.04. The van der Waals surface area contributed by atoms with E-state index >= 15 is 0 Å². The zero-order chi connectivity index (χ0) is 15.5. The van der Waals surface area contributed by atoms with E-state index in [1.54, 1.807) is 7.11 Å². The Labute approximate surface area is 132 Å². The highest BCUT2D eigenvalue weighted by atomic mass is 32.1. The Morgan fingerprint density at radius 1 is 1.52 bits per heavy atom. The van der Waals surface area contributed by atoms with Crippen molar-refractivity contribution >= 4 is 11.3 Å². The van der Waals surface area contributed by atoms with Crippen molar-refractivity contribution < 1.29 is 4.74 Å². The average Bonchev–Trinajstić information content (AvgIpc) is 2.85. The predicted octanol–water partition coefficient (Wildman–Crippen LogP) is 2.56. The Morgan fingerprint density at radius 3 is 2.86 bits per heavy atom. The standard InChI is InChI=1S/C16H29N3OS/c1-6-14-13(3)21-15(18-14)16(17-8-10-20-5)7-9-19(4)12(2)11-16/h12,17H,6-11H2,1-5H3. The minimum Gasteiger partial charge on any atom is -0.383 e. The first-order valence-electron chi connectivity index (χ1n) is 7.93. The first kappa shape index (κ1) is 16.9. The molecule has 0 aromatic carbocycles. The molecule has 0 aliphatic carbocycles. The lowest BCUT2D eigenvalue weighted by atomic mass is 9.84. The number of likely N-dealkylation sites (tertiary alicyclic amines) is 1. The lowest BCUT2D eigenvalue weighted by Crippen LogP contribution is -2.54. The molecular weight excluding hydrogens is 282 g/mol. The highest BCUT2D eigenvalue weighted by Gasteiger charge is 2.40. The average molecular weight is 311 g/mol. The van der Waals surface area contributed by atoms with Crippen LogP contribution < -0.4 is 5.32 Å². The van der Waals surface area contributed by atoms with Gasteiger partial charge in [-0.1, -0.05) is 6.92 Å². The molecule has 21 heavy (non-hydrogen) atoms. The molecule has 0 saturated carbocycles. The molecule has 1 aromatic heterocycles. The smallest absolute Gasteiger partial charge is 0.113 e. The summed E-state index contributed by atoms with van der Waals surface area (Å²) < 4.78 is 5.22. The Bertz CT molecular complexity index is 462. The molecule has 1 aromatic rings. The van der Waals surface area contributed by atoms with Gasteiger partial charge in [-0.15, -0.1) is 11.3 Å². The molecule has 0 amide bonds. The van der Waals surface area contributed by atoms with Crippen molar-refractivity contribution in [2.24, 2.45) is 0 Å². The first-order valence-corrected chi connectivity index (χ1v) is 8.75. The minimum absolute atomic E-state index is 0.0211. The fourth-order valence-electron chi connectivity index (χ4n) is 3.13. The van der Waals surface area contributed by atoms with Crippen LogP contribution in [0, 0.1) is 6.92 Å². The lowest BCUT2D eigenvalue weighted by molar-refractivity contribution is 0.0960. The van der Waals surface area contributed by atoms with Crippen molar-refractivity contribution in [2.45, 2.75) is 51.6 Å². The van der Waals surface area contributed by atoms with E-state index < -0.39 is 0 Å². The molecule has 2 unspecified atom stereocenters. The second-order valence-electron chi connectivity index (χ2n) is 6.16. The van der Waals surface area contributed by atoms with Gasteiger partial charge in [0.2, 0.25) is 0 Å². The van der Waals surface area contributed by atoms with E-state index in [4.69, 9.17) is 9.72 Å². The summed E-state index contributed by atoms with van der Waals surface area (Å²) in [5.41, 5.74) is 1.28. The molecule has 2 rings (SSSR count). The summed E-state index contributed by atoms with van der Waals surface area (Å²) >= 11 is 1.87. The molecule has 0 spiro atoms. The number of hydrogen-bond donors (Lipinski definition) is 1. The fourth-order valence-corrected chi connectivity index (χ4v) is 4.34. The van der Waals surface area contributed by atoms with Crippen LogP contribution in [-0.2, 0) is 16.7 Å². The first-order chi connectivity index (χ1) is 10.0. The van der Waals surface area contributed by atoms with Crippen LogP contribution in [0.15, 0.2) is 0 Å². The zero-order valence-corrected chi connectivity index (χ0v) is 14.8. The van der Waals surface area contributed by atoms with Crippen LogP contribution in [0.25, 0.3) is 0 Å². The number of methoxy groups -OCH3 is 1. The molecule has 1 aliphatic rings. The second kappa shape index (κ2) is 7.18. The third-order valence-electron chi connectivity index (χ3n) is 4.69. The largest absolute Gasteiger partial charge is 0.383 e.